The Bertz CT molecular complexity index is 422. The highest BCUT2D eigenvalue weighted by atomic mass is 15.1. The molecule has 2 rings (SSSR count). The van der Waals surface area contributed by atoms with E-state index in [0.29, 0.717) is 6.54 Å². The Hall–Kier alpha value is -1.26. The molecule has 106 valence electrons. The van der Waals surface area contributed by atoms with Crippen molar-refractivity contribution in [1.29, 1.82) is 0 Å². The molecule has 4 heteroatoms. The third kappa shape index (κ3) is 3.01. The van der Waals surface area contributed by atoms with Crippen molar-refractivity contribution in [2.75, 3.05) is 13.2 Å². The Morgan fingerprint density at radius 3 is 2.84 bits per heavy atom. The van der Waals surface area contributed by atoms with Gasteiger partial charge in [0.1, 0.15) is 0 Å². The van der Waals surface area contributed by atoms with Crippen molar-refractivity contribution in [3.8, 4) is 0 Å². The molecule has 0 aromatic heterocycles. The molecule has 1 saturated carbocycles. The highest BCUT2D eigenvalue weighted by Crippen LogP contribution is 2.53. The first-order valence-electron chi connectivity index (χ1n) is 7.06. The van der Waals surface area contributed by atoms with Crippen LogP contribution in [-0.4, -0.2) is 19.3 Å². The second kappa shape index (κ2) is 5.80. The van der Waals surface area contributed by atoms with Crippen LogP contribution in [0.1, 0.15) is 20.8 Å². The van der Waals surface area contributed by atoms with E-state index in [1.165, 1.54) is 11.3 Å². The SMILES string of the molecule is CC1=CC(NCN[C@H](C)/C(=C\N)CN)=CC2C(C)C12. The molecule has 2 aliphatic rings. The van der Waals surface area contributed by atoms with Crippen molar-refractivity contribution in [2.45, 2.75) is 26.8 Å². The summed E-state index contributed by atoms with van der Waals surface area (Å²) in [4.78, 5) is 0. The van der Waals surface area contributed by atoms with Crippen molar-refractivity contribution < 1.29 is 0 Å². The monoisotopic (exact) mass is 262 g/mol. The second-order valence-corrected chi connectivity index (χ2v) is 5.70. The molecule has 0 aromatic rings. The highest BCUT2D eigenvalue weighted by Gasteiger charge is 2.47. The van der Waals surface area contributed by atoms with Crippen LogP contribution in [0.15, 0.2) is 35.2 Å². The molecule has 3 unspecified atom stereocenters. The molecule has 0 bridgehead atoms. The molecular formula is C15H26N4. The van der Waals surface area contributed by atoms with E-state index in [4.69, 9.17) is 11.5 Å². The van der Waals surface area contributed by atoms with Crippen LogP contribution in [-0.2, 0) is 0 Å². The predicted molar refractivity (Wildman–Crippen MR) is 79.9 cm³/mol. The van der Waals surface area contributed by atoms with Gasteiger partial charge in [-0.2, -0.15) is 0 Å². The van der Waals surface area contributed by atoms with Gasteiger partial charge < -0.3 is 16.8 Å². The average Bonchev–Trinajstić information content (AvgIpc) is 3.02. The molecule has 4 atom stereocenters. The lowest BCUT2D eigenvalue weighted by molar-refractivity contribution is 0.568. The van der Waals surface area contributed by atoms with Gasteiger partial charge in [0.2, 0.25) is 0 Å². The van der Waals surface area contributed by atoms with Crippen LogP contribution in [0.4, 0.5) is 0 Å². The van der Waals surface area contributed by atoms with E-state index in [2.05, 4.69) is 43.6 Å². The molecule has 0 radical (unpaired) electrons. The normalized spacial score (nSPS) is 31.2. The van der Waals surface area contributed by atoms with Gasteiger partial charge in [-0.1, -0.05) is 18.6 Å². The zero-order chi connectivity index (χ0) is 14.0. The van der Waals surface area contributed by atoms with Crippen LogP contribution in [0.2, 0.25) is 0 Å². The van der Waals surface area contributed by atoms with Gasteiger partial charge in [-0.25, -0.2) is 0 Å². The van der Waals surface area contributed by atoms with Gasteiger partial charge in [-0.3, -0.25) is 5.32 Å². The summed E-state index contributed by atoms with van der Waals surface area (Å²) in [6.07, 6.45) is 6.22. The number of fused-ring (bicyclic) bond motifs is 1. The van der Waals surface area contributed by atoms with Crippen molar-refractivity contribution in [3.05, 3.63) is 35.2 Å². The zero-order valence-corrected chi connectivity index (χ0v) is 12.1. The first-order valence-corrected chi connectivity index (χ1v) is 7.06. The Morgan fingerprint density at radius 1 is 1.53 bits per heavy atom. The summed E-state index contributed by atoms with van der Waals surface area (Å²) in [5.74, 6) is 2.35. The molecule has 2 aliphatic carbocycles. The van der Waals surface area contributed by atoms with E-state index < -0.39 is 0 Å². The smallest absolute Gasteiger partial charge is 0.0657 e. The van der Waals surface area contributed by atoms with Crippen molar-refractivity contribution in [1.82, 2.24) is 10.6 Å². The number of nitrogens with two attached hydrogens (primary N) is 2. The van der Waals surface area contributed by atoms with E-state index in [-0.39, 0.29) is 6.04 Å². The molecule has 0 spiro atoms. The largest absolute Gasteiger partial charge is 0.405 e. The van der Waals surface area contributed by atoms with Crippen LogP contribution in [0, 0.1) is 17.8 Å². The van der Waals surface area contributed by atoms with Gasteiger partial charge in [0.25, 0.3) is 0 Å². The molecular weight excluding hydrogens is 236 g/mol. The number of rotatable bonds is 6. The number of hydrogen-bond donors (Lipinski definition) is 4. The first kappa shape index (κ1) is 14.2. The standard InChI is InChI=1S/C15H26N4/c1-9-4-13(5-14-10(2)15(9)14)19-8-18-11(3)12(6-16)7-17/h4-6,10-11,14-15,18-19H,7-8,16-17H2,1-3H3/b12-6-/t10?,11-,14?,15?/m1/s1. The Balaban J connectivity index is 1.80. The van der Waals surface area contributed by atoms with E-state index in [9.17, 15) is 0 Å². The van der Waals surface area contributed by atoms with Crippen molar-refractivity contribution in [2.24, 2.45) is 29.2 Å². The molecule has 4 nitrogen and oxygen atoms in total. The molecule has 0 saturated heterocycles. The van der Waals surface area contributed by atoms with Gasteiger partial charge in [0.15, 0.2) is 0 Å². The fourth-order valence-corrected chi connectivity index (χ4v) is 3.00. The summed E-state index contributed by atoms with van der Waals surface area (Å²) >= 11 is 0. The van der Waals surface area contributed by atoms with Gasteiger partial charge in [0.05, 0.1) is 6.67 Å². The first-order chi connectivity index (χ1) is 9.08. The molecule has 1 fully saturated rings. The van der Waals surface area contributed by atoms with Crippen molar-refractivity contribution in [3.63, 3.8) is 0 Å². The van der Waals surface area contributed by atoms with E-state index >= 15 is 0 Å². The Labute approximate surface area is 116 Å². The van der Waals surface area contributed by atoms with Crippen LogP contribution in [0.3, 0.4) is 0 Å². The Morgan fingerprint density at radius 2 is 2.26 bits per heavy atom. The van der Waals surface area contributed by atoms with Gasteiger partial charge in [-0.05, 0) is 49.5 Å². The molecule has 0 heterocycles. The lowest BCUT2D eigenvalue weighted by Gasteiger charge is -2.18. The third-order valence-corrected chi connectivity index (χ3v) is 4.44. The van der Waals surface area contributed by atoms with Crippen LogP contribution >= 0.6 is 0 Å². The summed E-state index contributed by atoms with van der Waals surface area (Å²) in [7, 11) is 0. The molecule has 6 N–H and O–H groups in total. The number of allylic oxidation sites excluding steroid dienone is 3. The van der Waals surface area contributed by atoms with E-state index in [1.807, 2.05) is 0 Å². The fraction of sp³-hybridized carbons (Fsp3) is 0.600. The van der Waals surface area contributed by atoms with Crippen LogP contribution in [0.25, 0.3) is 0 Å². The number of hydrogen-bond acceptors (Lipinski definition) is 4. The van der Waals surface area contributed by atoms with E-state index in [1.54, 1.807) is 6.20 Å². The molecule has 0 aromatic carbocycles. The topological polar surface area (TPSA) is 76.1 Å². The summed E-state index contributed by atoms with van der Waals surface area (Å²) in [6.45, 7) is 7.84. The summed E-state index contributed by atoms with van der Waals surface area (Å²) in [5, 5.41) is 6.81. The minimum atomic E-state index is 0.198. The van der Waals surface area contributed by atoms with Gasteiger partial charge >= 0.3 is 0 Å². The minimum Gasteiger partial charge on any atom is -0.405 e. The third-order valence-electron chi connectivity index (χ3n) is 4.44. The lowest BCUT2D eigenvalue weighted by Crippen LogP contribution is -2.38. The maximum atomic E-state index is 5.63. The molecule has 0 aliphatic heterocycles. The summed E-state index contributed by atoms with van der Waals surface area (Å²) < 4.78 is 0. The second-order valence-electron chi connectivity index (χ2n) is 5.70. The maximum absolute atomic E-state index is 5.63. The Kier molecular flexibility index (Phi) is 4.32. The molecule has 19 heavy (non-hydrogen) atoms. The van der Waals surface area contributed by atoms with Crippen molar-refractivity contribution >= 4 is 0 Å². The number of nitrogens with one attached hydrogen (secondary N) is 2. The van der Waals surface area contributed by atoms with Gasteiger partial charge in [0, 0.05) is 18.3 Å². The highest BCUT2D eigenvalue weighted by molar-refractivity contribution is 5.36. The van der Waals surface area contributed by atoms with Crippen LogP contribution in [0.5, 0.6) is 0 Å². The fourth-order valence-electron chi connectivity index (χ4n) is 3.00. The average molecular weight is 262 g/mol. The summed E-state index contributed by atoms with van der Waals surface area (Å²) in [5.41, 5.74) is 14.9. The maximum Gasteiger partial charge on any atom is 0.0657 e. The minimum absolute atomic E-state index is 0.198. The van der Waals surface area contributed by atoms with Gasteiger partial charge in [-0.15, -0.1) is 0 Å². The summed E-state index contributed by atoms with van der Waals surface area (Å²) in [6, 6.07) is 0.198. The predicted octanol–water partition coefficient (Wildman–Crippen LogP) is 1.04. The lowest BCUT2D eigenvalue weighted by atomic mass is 10.0. The van der Waals surface area contributed by atoms with E-state index in [0.717, 1.165) is 30.0 Å². The van der Waals surface area contributed by atoms with Crippen LogP contribution < -0.4 is 22.1 Å². The quantitative estimate of drug-likeness (QED) is 0.540. The molecule has 0 amide bonds. The zero-order valence-electron chi connectivity index (χ0n) is 12.1.